The smallest absolute Gasteiger partial charge is 0.319 e. The van der Waals surface area contributed by atoms with Crippen molar-refractivity contribution >= 4 is 23.2 Å². The van der Waals surface area contributed by atoms with E-state index in [0.29, 0.717) is 12.2 Å². The molecule has 0 unspecified atom stereocenters. The van der Waals surface area contributed by atoms with Crippen LogP contribution in [-0.2, 0) is 0 Å². The van der Waals surface area contributed by atoms with Gasteiger partial charge in [-0.25, -0.2) is 9.78 Å². The highest BCUT2D eigenvalue weighted by Crippen LogP contribution is 2.15. The summed E-state index contributed by atoms with van der Waals surface area (Å²) in [6.45, 7) is 1.39. The zero-order chi connectivity index (χ0) is 15.8. The topological polar surface area (TPSA) is 69.3 Å². The Labute approximate surface area is 130 Å². The van der Waals surface area contributed by atoms with Gasteiger partial charge in [0.1, 0.15) is 5.82 Å². The van der Waals surface area contributed by atoms with Gasteiger partial charge < -0.3 is 20.9 Å². The third kappa shape index (κ3) is 5.41. The van der Waals surface area contributed by atoms with Crippen molar-refractivity contribution in [3.05, 3.63) is 48.7 Å². The molecule has 0 fully saturated rings. The minimum Gasteiger partial charge on any atom is -0.340 e. The molecular weight excluding hydrogens is 278 g/mol. The van der Waals surface area contributed by atoms with Crippen molar-refractivity contribution in [3.8, 4) is 0 Å². The highest BCUT2D eigenvalue weighted by Gasteiger charge is 2.02. The number of amides is 2. The molecule has 0 aliphatic carbocycles. The molecule has 0 saturated heterocycles. The molecule has 0 saturated carbocycles. The highest BCUT2D eigenvalue weighted by atomic mass is 16.2. The van der Waals surface area contributed by atoms with Gasteiger partial charge >= 0.3 is 6.03 Å². The lowest BCUT2D eigenvalue weighted by Gasteiger charge is -2.11. The fraction of sp³-hybridized carbons (Fsp3) is 0.250. The number of anilines is 3. The minimum atomic E-state index is -0.229. The maximum atomic E-state index is 11.7. The van der Waals surface area contributed by atoms with Crippen LogP contribution in [0.3, 0.4) is 0 Å². The predicted octanol–water partition coefficient (Wildman–Crippen LogP) is 2.51. The molecule has 6 heteroatoms. The molecule has 0 aliphatic heterocycles. The number of aromatic nitrogens is 1. The maximum Gasteiger partial charge on any atom is 0.319 e. The Balaban J connectivity index is 1.82. The minimum absolute atomic E-state index is 0.229. The number of pyridine rings is 1. The molecule has 0 aliphatic rings. The van der Waals surface area contributed by atoms with Crippen LogP contribution in [-0.4, -0.2) is 43.1 Å². The molecule has 2 rings (SSSR count). The molecule has 1 heterocycles. The summed E-state index contributed by atoms with van der Waals surface area (Å²) in [5.41, 5.74) is 1.62. The van der Waals surface area contributed by atoms with Gasteiger partial charge in [0.05, 0.1) is 11.9 Å². The van der Waals surface area contributed by atoms with E-state index in [1.54, 1.807) is 6.20 Å². The third-order valence-corrected chi connectivity index (χ3v) is 2.91. The van der Waals surface area contributed by atoms with Crippen molar-refractivity contribution in [1.82, 2.24) is 15.2 Å². The number of likely N-dealkylation sites (N-methyl/N-ethyl adjacent to an activating group) is 1. The Morgan fingerprint density at radius 3 is 2.50 bits per heavy atom. The number of urea groups is 1. The van der Waals surface area contributed by atoms with Crippen molar-refractivity contribution in [2.45, 2.75) is 0 Å². The third-order valence-electron chi connectivity index (χ3n) is 2.91. The number of benzene rings is 1. The lowest BCUT2D eigenvalue weighted by molar-refractivity contribution is 0.250. The Bertz CT molecular complexity index is 583. The van der Waals surface area contributed by atoms with Crippen molar-refractivity contribution < 1.29 is 4.79 Å². The van der Waals surface area contributed by atoms with Crippen LogP contribution < -0.4 is 16.0 Å². The van der Waals surface area contributed by atoms with Gasteiger partial charge in [0.2, 0.25) is 0 Å². The van der Waals surface area contributed by atoms with E-state index in [-0.39, 0.29) is 6.03 Å². The number of nitrogens with one attached hydrogen (secondary N) is 3. The second-order valence-electron chi connectivity index (χ2n) is 5.11. The predicted molar refractivity (Wildman–Crippen MR) is 89.5 cm³/mol. The lowest BCUT2D eigenvalue weighted by Crippen LogP contribution is -2.34. The maximum absolute atomic E-state index is 11.7. The van der Waals surface area contributed by atoms with Crippen LogP contribution in [0.1, 0.15) is 0 Å². The van der Waals surface area contributed by atoms with Crippen LogP contribution in [0.15, 0.2) is 48.7 Å². The summed E-state index contributed by atoms with van der Waals surface area (Å²) in [5, 5.41) is 8.72. The van der Waals surface area contributed by atoms with Gasteiger partial charge in [0, 0.05) is 18.8 Å². The summed E-state index contributed by atoms with van der Waals surface area (Å²) in [5.74, 6) is 0.727. The van der Waals surface area contributed by atoms with Crippen LogP contribution in [0.4, 0.5) is 22.0 Å². The first-order valence-corrected chi connectivity index (χ1v) is 7.11. The quantitative estimate of drug-likeness (QED) is 0.766. The van der Waals surface area contributed by atoms with Crippen molar-refractivity contribution in [2.24, 2.45) is 0 Å². The molecule has 0 spiro atoms. The van der Waals surface area contributed by atoms with Gasteiger partial charge in [-0.05, 0) is 38.4 Å². The molecule has 2 aromatic rings. The molecule has 22 heavy (non-hydrogen) atoms. The number of hydrogen-bond acceptors (Lipinski definition) is 4. The van der Waals surface area contributed by atoms with Gasteiger partial charge in [-0.2, -0.15) is 0 Å². The molecule has 116 valence electrons. The van der Waals surface area contributed by atoms with Gasteiger partial charge in [0.25, 0.3) is 0 Å². The highest BCUT2D eigenvalue weighted by molar-refractivity contribution is 5.89. The Morgan fingerprint density at radius 1 is 1.09 bits per heavy atom. The van der Waals surface area contributed by atoms with Crippen LogP contribution in [0, 0.1) is 0 Å². The van der Waals surface area contributed by atoms with Crippen molar-refractivity contribution in [1.29, 1.82) is 0 Å². The van der Waals surface area contributed by atoms with Gasteiger partial charge in [0.15, 0.2) is 0 Å². The van der Waals surface area contributed by atoms with Gasteiger partial charge in [-0.1, -0.05) is 18.2 Å². The average Bonchev–Trinajstić information content (AvgIpc) is 2.50. The number of carbonyl (C=O) groups excluding carboxylic acids is 1. The second kappa shape index (κ2) is 7.99. The van der Waals surface area contributed by atoms with Gasteiger partial charge in [-0.3, -0.25) is 0 Å². The average molecular weight is 299 g/mol. The molecule has 0 bridgehead atoms. The summed E-state index contributed by atoms with van der Waals surface area (Å²) < 4.78 is 0. The number of para-hydroxylation sites is 1. The molecule has 6 nitrogen and oxygen atoms in total. The van der Waals surface area contributed by atoms with Crippen LogP contribution in [0.2, 0.25) is 0 Å². The first-order valence-electron chi connectivity index (χ1n) is 7.11. The summed E-state index contributed by atoms with van der Waals surface area (Å²) in [4.78, 5) is 18.0. The van der Waals surface area contributed by atoms with Crippen LogP contribution in [0.25, 0.3) is 0 Å². The molecule has 1 aromatic heterocycles. The standard InChI is InChI=1S/C16H21N5O/c1-21(2)11-10-17-16(22)20-14-8-9-15(18-12-14)19-13-6-4-3-5-7-13/h3-9,12H,10-11H2,1-2H3,(H,18,19)(H2,17,20,22). The lowest BCUT2D eigenvalue weighted by atomic mass is 10.3. The number of rotatable bonds is 6. The van der Waals surface area contributed by atoms with E-state index in [9.17, 15) is 4.79 Å². The van der Waals surface area contributed by atoms with Gasteiger partial charge in [-0.15, -0.1) is 0 Å². The van der Waals surface area contributed by atoms with E-state index >= 15 is 0 Å². The van der Waals surface area contributed by atoms with E-state index < -0.39 is 0 Å². The zero-order valence-corrected chi connectivity index (χ0v) is 12.8. The summed E-state index contributed by atoms with van der Waals surface area (Å²) in [6.07, 6.45) is 1.62. The zero-order valence-electron chi connectivity index (χ0n) is 12.8. The Morgan fingerprint density at radius 2 is 1.86 bits per heavy atom. The number of hydrogen-bond donors (Lipinski definition) is 3. The molecule has 1 aromatic carbocycles. The van der Waals surface area contributed by atoms with Crippen molar-refractivity contribution in [3.63, 3.8) is 0 Å². The normalized spacial score (nSPS) is 10.3. The summed E-state index contributed by atoms with van der Waals surface area (Å²) >= 11 is 0. The Kier molecular flexibility index (Phi) is 5.73. The first kappa shape index (κ1) is 15.8. The van der Waals surface area contributed by atoms with E-state index in [4.69, 9.17) is 0 Å². The monoisotopic (exact) mass is 299 g/mol. The largest absolute Gasteiger partial charge is 0.340 e. The van der Waals surface area contributed by atoms with Crippen LogP contribution in [0.5, 0.6) is 0 Å². The SMILES string of the molecule is CN(C)CCNC(=O)Nc1ccc(Nc2ccccc2)nc1. The molecule has 3 N–H and O–H groups in total. The molecular formula is C16H21N5O. The van der Waals surface area contributed by atoms with E-state index in [1.807, 2.05) is 61.5 Å². The second-order valence-corrected chi connectivity index (χ2v) is 5.11. The molecule has 2 amide bonds. The van der Waals surface area contributed by atoms with Crippen molar-refractivity contribution in [2.75, 3.05) is 37.8 Å². The fourth-order valence-corrected chi connectivity index (χ4v) is 1.78. The van der Waals surface area contributed by atoms with E-state index in [1.165, 1.54) is 0 Å². The first-order chi connectivity index (χ1) is 10.6. The number of carbonyl (C=O) groups is 1. The van der Waals surface area contributed by atoms with E-state index in [0.717, 1.165) is 18.1 Å². The molecule has 0 atom stereocenters. The summed E-state index contributed by atoms with van der Waals surface area (Å²) in [6, 6.07) is 13.2. The summed E-state index contributed by atoms with van der Waals surface area (Å²) in [7, 11) is 3.92. The van der Waals surface area contributed by atoms with Crippen LogP contribution >= 0.6 is 0 Å². The number of nitrogens with zero attached hydrogens (tertiary/aromatic N) is 2. The molecule has 0 radical (unpaired) electrons. The Hall–Kier alpha value is -2.60. The fourth-order valence-electron chi connectivity index (χ4n) is 1.78. The van der Waals surface area contributed by atoms with E-state index in [2.05, 4.69) is 20.9 Å².